The molecule has 1 aliphatic heterocycles. The van der Waals surface area contributed by atoms with Crippen LogP contribution in [0.1, 0.15) is 11.1 Å². The van der Waals surface area contributed by atoms with Crippen molar-refractivity contribution in [3.63, 3.8) is 0 Å². The van der Waals surface area contributed by atoms with Gasteiger partial charge in [0.15, 0.2) is 5.82 Å². The zero-order valence-corrected chi connectivity index (χ0v) is 13.5. The molecule has 1 fully saturated rings. The number of nitrogens with two attached hydrogens (primary N) is 1. The van der Waals surface area contributed by atoms with Crippen LogP contribution in [0.2, 0.25) is 10.0 Å². The second kappa shape index (κ2) is 6.05. The van der Waals surface area contributed by atoms with Crippen LogP contribution in [0.5, 0.6) is 0 Å². The number of aromatic nitrogens is 2. The number of hydrogen-bond donors (Lipinski definition) is 1. The van der Waals surface area contributed by atoms with Gasteiger partial charge in [-0.25, -0.2) is 0 Å². The van der Waals surface area contributed by atoms with Crippen LogP contribution in [0.15, 0.2) is 16.7 Å². The van der Waals surface area contributed by atoms with E-state index in [2.05, 4.69) is 10.1 Å². The highest BCUT2D eigenvalue weighted by molar-refractivity contribution is 8.06. The second-order valence-electron chi connectivity index (χ2n) is 4.24. The summed E-state index contributed by atoms with van der Waals surface area (Å²) >= 11 is 15.8. The van der Waals surface area contributed by atoms with E-state index >= 15 is 0 Å². The SMILES string of the molecule is Nc1c(Cl)cc(Cl)cc1-c1nc(C2CSCCS2)no1. The molecule has 20 heavy (non-hydrogen) atoms. The third-order valence-corrected chi connectivity index (χ3v) is 6.15. The summed E-state index contributed by atoms with van der Waals surface area (Å²) in [5.41, 5.74) is 6.92. The van der Waals surface area contributed by atoms with Crippen molar-refractivity contribution >= 4 is 52.4 Å². The van der Waals surface area contributed by atoms with E-state index in [4.69, 9.17) is 33.5 Å². The first-order valence-electron chi connectivity index (χ1n) is 5.93. The second-order valence-corrected chi connectivity index (χ2v) is 7.55. The molecule has 1 atom stereocenters. The molecule has 1 aliphatic rings. The van der Waals surface area contributed by atoms with Gasteiger partial charge in [-0.1, -0.05) is 28.4 Å². The Bertz CT molecular complexity index is 629. The molecule has 2 N–H and O–H groups in total. The highest BCUT2D eigenvalue weighted by Gasteiger charge is 2.23. The largest absolute Gasteiger partial charge is 0.397 e. The van der Waals surface area contributed by atoms with Crippen molar-refractivity contribution in [3.8, 4) is 11.5 Å². The topological polar surface area (TPSA) is 64.9 Å². The number of thioether (sulfide) groups is 2. The minimum Gasteiger partial charge on any atom is -0.397 e. The quantitative estimate of drug-likeness (QED) is 0.823. The van der Waals surface area contributed by atoms with Gasteiger partial charge in [-0.15, -0.1) is 11.8 Å². The maximum Gasteiger partial charge on any atom is 0.260 e. The van der Waals surface area contributed by atoms with Crippen molar-refractivity contribution in [1.29, 1.82) is 0 Å². The fourth-order valence-corrected chi connectivity index (χ4v) is 4.96. The smallest absolute Gasteiger partial charge is 0.260 e. The van der Waals surface area contributed by atoms with E-state index in [0.717, 1.165) is 11.5 Å². The minimum atomic E-state index is 0.266. The van der Waals surface area contributed by atoms with Gasteiger partial charge in [0.05, 0.1) is 21.5 Å². The van der Waals surface area contributed by atoms with E-state index in [1.54, 1.807) is 12.1 Å². The van der Waals surface area contributed by atoms with Crippen molar-refractivity contribution in [3.05, 3.63) is 28.0 Å². The molecule has 1 aromatic carbocycles. The lowest BCUT2D eigenvalue weighted by atomic mass is 10.2. The predicted octanol–water partition coefficient (Wildman–Crippen LogP) is 4.15. The van der Waals surface area contributed by atoms with Gasteiger partial charge in [-0.05, 0) is 12.1 Å². The highest BCUT2D eigenvalue weighted by atomic mass is 35.5. The first-order valence-corrected chi connectivity index (χ1v) is 8.89. The van der Waals surface area contributed by atoms with Crippen molar-refractivity contribution in [2.24, 2.45) is 0 Å². The Kier molecular flexibility index (Phi) is 4.35. The molecule has 2 heterocycles. The third-order valence-electron chi connectivity index (χ3n) is 2.87. The first kappa shape index (κ1) is 14.4. The lowest BCUT2D eigenvalue weighted by Gasteiger charge is -2.16. The molecular formula is C12H11Cl2N3OS2. The first-order chi connectivity index (χ1) is 9.65. The van der Waals surface area contributed by atoms with Crippen molar-refractivity contribution < 1.29 is 4.52 Å². The average molecular weight is 348 g/mol. The summed E-state index contributed by atoms with van der Waals surface area (Å²) in [5.74, 6) is 4.33. The van der Waals surface area contributed by atoms with Gasteiger partial charge in [0.25, 0.3) is 5.89 Å². The molecule has 0 saturated carbocycles. The molecule has 1 saturated heterocycles. The number of rotatable bonds is 2. The van der Waals surface area contributed by atoms with Gasteiger partial charge >= 0.3 is 0 Å². The minimum absolute atomic E-state index is 0.266. The molecule has 0 radical (unpaired) electrons. The van der Waals surface area contributed by atoms with Crippen LogP contribution in [-0.2, 0) is 0 Å². The fourth-order valence-electron chi connectivity index (χ4n) is 1.87. The summed E-state index contributed by atoms with van der Waals surface area (Å²) in [4.78, 5) is 4.44. The monoisotopic (exact) mass is 347 g/mol. The van der Waals surface area contributed by atoms with Crippen LogP contribution in [-0.4, -0.2) is 27.4 Å². The Labute approximate surface area is 134 Å². The Morgan fingerprint density at radius 1 is 1.30 bits per heavy atom. The summed E-state index contributed by atoms with van der Waals surface area (Å²) in [6.45, 7) is 0. The zero-order valence-electron chi connectivity index (χ0n) is 10.3. The summed E-state index contributed by atoms with van der Waals surface area (Å²) in [6, 6.07) is 3.27. The molecule has 0 spiro atoms. The Hall–Kier alpha value is -0.560. The summed E-state index contributed by atoms with van der Waals surface area (Å²) in [7, 11) is 0. The summed E-state index contributed by atoms with van der Waals surface area (Å²) in [6.07, 6.45) is 0. The molecule has 1 aromatic heterocycles. The zero-order chi connectivity index (χ0) is 14.1. The Balaban J connectivity index is 1.93. The lowest BCUT2D eigenvalue weighted by Crippen LogP contribution is -2.07. The van der Waals surface area contributed by atoms with Gasteiger partial charge in [-0.2, -0.15) is 16.7 Å². The number of nitrogens with zero attached hydrogens (tertiary/aromatic N) is 2. The van der Waals surface area contributed by atoms with E-state index in [0.29, 0.717) is 33.0 Å². The maximum absolute atomic E-state index is 6.02. The molecule has 4 nitrogen and oxygen atoms in total. The van der Waals surface area contributed by atoms with Crippen LogP contribution < -0.4 is 5.73 Å². The fraction of sp³-hybridized carbons (Fsp3) is 0.333. The summed E-state index contributed by atoms with van der Waals surface area (Å²) < 4.78 is 5.31. The van der Waals surface area contributed by atoms with Crippen molar-refractivity contribution in [1.82, 2.24) is 10.1 Å². The molecule has 8 heteroatoms. The van der Waals surface area contributed by atoms with Crippen LogP contribution in [0.4, 0.5) is 5.69 Å². The molecular weight excluding hydrogens is 337 g/mol. The number of halogens is 2. The van der Waals surface area contributed by atoms with Crippen LogP contribution >= 0.6 is 46.7 Å². The van der Waals surface area contributed by atoms with E-state index in [9.17, 15) is 0 Å². The summed E-state index contributed by atoms with van der Waals surface area (Å²) in [5, 5.41) is 5.19. The molecule has 3 rings (SSSR count). The predicted molar refractivity (Wildman–Crippen MR) is 86.7 cm³/mol. The normalized spacial score (nSPS) is 19.2. The van der Waals surface area contributed by atoms with Gasteiger partial charge in [0, 0.05) is 22.3 Å². The third kappa shape index (κ3) is 2.88. The van der Waals surface area contributed by atoms with Crippen molar-refractivity contribution in [2.75, 3.05) is 23.0 Å². The van der Waals surface area contributed by atoms with Gasteiger partial charge in [0.1, 0.15) is 0 Å². The molecule has 106 valence electrons. The van der Waals surface area contributed by atoms with E-state index < -0.39 is 0 Å². The highest BCUT2D eigenvalue weighted by Crippen LogP contribution is 2.38. The van der Waals surface area contributed by atoms with Gasteiger partial charge in [-0.3, -0.25) is 0 Å². The van der Waals surface area contributed by atoms with Crippen LogP contribution in [0, 0.1) is 0 Å². The molecule has 0 bridgehead atoms. The molecule has 0 aliphatic carbocycles. The molecule has 1 unspecified atom stereocenters. The van der Waals surface area contributed by atoms with E-state index in [1.165, 1.54) is 5.75 Å². The Morgan fingerprint density at radius 2 is 2.15 bits per heavy atom. The lowest BCUT2D eigenvalue weighted by molar-refractivity contribution is 0.423. The number of nitrogen functional groups attached to an aromatic ring is 1. The Morgan fingerprint density at radius 3 is 2.90 bits per heavy atom. The molecule has 0 amide bonds. The van der Waals surface area contributed by atoms with E-state index in [1.807, 2.05) is 23.5 Å². The van der Waals surface area contributed by atoms with E-state index in [-0.39, 0.29) is 5.25 Å². The standard InChI is InChI=1S/C12H11Cl2N3OS2/c13-6-3-7(10(15)8(14)4-6)12-16-11(17-18-12)9-5-19-1-2-20-9/h3-4,9H,1-2,5,15H2. The van der Waals surface area contributed by atoms with Gasteiger partial charge in [0.2, 0.25) is 0 Å². The van der Waals surface area contributed by atoms with Crippen LogP contribution in [0.25, 0.3) is 11.5 Å². The number of benzene rings is 1. The molecule has 2 aromatic rings. The van der Waals surface area contributed by atoms with Crippen LogP contribution in [0.3, 0.4) is 0 Å². The number of anilines is 1. The average Bonchev–Trinajstić information content (AvgIpc) is 2.93. The van der Waals surface area contributed by atoms with Gasteiger partial charge < -0.3 is 10.3 Å². The van der Waals surface area contributed by atoms with Crippen molar-refractivity contribution in [2.45, 2.75) is 5.25 Å². The maximum atomic E-state index is 6.02. The number of hydrogen-bond acceptors (Lipinski definition) is 6.